The molecule has 1 N–H and O–H groups in total. The Balaban J connectivity index is 1.65. The van der Waals surface area contributed by atoms with Crippen LogP contribution in [0.5, 0.6) is 5.75 Å². The molecule has 0 saturated heterocycles. The molecule has 216 valence electrons. The number of Topliss-reactive ketones (excluding diaryl/α,β-unsaturated/α-hetero) is 2. The van der Waals surface area contributed by atoms with E-state index in [1.807, 2.05) is 45.9 Å². The summed E-state index contributed by atoms with van der Waals surface area (Å²) in [5.74, 6) is -1.67. The fraction of sp³-hybridized carbons (Fsp3) is 0.406. The predicted octanol–water partition coefficient (Wildman–Crippen LogP) is 8.00. The zero-order chi connectivity index (χ0) is 29.9. The lowest BCUT2D eigenvalue weighted by molar-refractivity contribution is -0.138. The number of hydrogen-bond donors (Lipinski definition) is 1. The number of aliphatic carboxylic acids is 1. The summed E-state index contributed by atoms with van der Waals surface area (Å²) in [6.07, 6.45) is 1.57. The van der Waals surface area contributed by atoms with Crippen LogP contribution in [-0.4, -0.2) is 34.1 Å². The molecule has 1 aliphatic heterocycles. The molecule has 2 aliphatic carbocycles. The average Bonchev–Trinajstić information content (AvgIpc) is 2.83. The zero-order valence-corrected chi connectivity index (χ0v) is 25.7. The number of carbonyl (C=O) groups excluding carboxylic acids is 2. The smallest absolute Gasteiger partial charge is 0.323 e. The molecule has 9 heteroatoms. The van der Waals surface area contributed by atoms with Gasteiger partial charge in [0.25, 0.3) is 0 Å². The van der Waals surface area contributed by atoms with Gasteiger partial charge in [0.05, 0.1) is 10.0 Å². The van der Waals surface area contributed by atoms with Crippen molar-refractivity contribution in [3.63, 3.8) is 0 Å². The first-order chi connectivity index (χ1) is 19.2. The summed E-state index contributed by atoms with van der Waals surface area (Å²) in [7, 11) is 0. The molecule has 3 aliphatic rings. The van der Waals surface area contributed by atoms with E-state index in [1.165, 1.54) is 0 Å². The lowest BCUT2D eigenvalue weighted by atomic mass is 9.63. The first-order valence-electron chi connectivity index (χ1n) is 13.5. The molecular formula is C32H32Cl3NO5. The van der Waals surface area contributed by atoms with Crippen LogP contribution in [0.3, 0.4) is 0 Å². The van der Waals surface area contributed by atoms with E-state index < -0.39 is 11.9 Å². The van der Waals surface area contributed by atoms with Crippen LogP contribution in [0.2, 0.25) is 15.1 Å². The summed E-state index contributed by atoms with van der Waals surface area (Å²) in [5.41, 5.74) is 2.87. The molecule has 0 atom stereocenters. The summed E-state index contributed by atoms with van der Waals surface area (Å²) >= 11 is 19.8. The quantitative estimate of drug-likeness (QED) is 0.354. The molecule has 0 unspecified atom stereocenters. The van der Waals surface area contributed by atoms with E-state index in [1.54, 1.807) is 23.1 Å². The molecule has 0 amide bonds. The van der Waals surface area contributed by atoms with Crippen molar-refractivity contribution in [2.24, 2.45) is 10.8 Å². The minimum absolute atomic E-state index is 0.105. The maximum Gasteiger partial charge on any atom is 0.323 e. The zero-order valence-electron chi connectivity index (χ0n) is 23.4. The number of halogens is 3. The molecule has 5 rings (SSSR count). The first kappa shape index (κ1) is 29.7. The van der Waals surface area contributed by atoms with Crippen LogP contribution < -0.4 is 4.74 Å². The van der Waals surface area contributed by atoms with Gasteiger partial charge in [-0.1, -0.05) is 80.7 Å². The van der Waals surface area contributed by atoms with Crippen molar-refractivity contribution in [1.82, 2.24) is 4.90 Å². The maximum absolute atomic E-state index is 13.8. The fourth-order valence-electron chi connectivity index (χ4n) is 6.36. The average molecular weight is 617 g/mol. The predicted molar refractivity (Wildman–Crippen MR) is 159 cm³/mol. The molecule has 2 aromatic rings. The van der Waals surface area contributed by atoms with Gasteiger partial charge in [-0.05, 0) is 47.4 Å². The van der Waals surface area contributed by atoms with E-state index in [0.29, 0.717) is 46.0 Å². The lowest BCUT2D eigenvalue weighted by Gasteiger charge is -2.48. The molecule has 0 fully saturated rings. The van der Waals surface area contributed by atoms with Crippen LogP contribution in [0.25, 0.3) is 0 Å². The number of carboxylic acid groups (broad SMARTS) is 1. The number of rotatable bonds is 6. The van der Waals surface area contributed by atoms with Gasteiger partial charge in [0.15, 0.2) is 17.3 Å². The van der Waals surface area contributed by atoms with Crippen LogP contribution in [0.1, 0.15) is 70.4 Å². The number of carbonyl (C=O) groups is 3. The largest absolute Gasteiger partial charge is 0.486 e. The number of ketones is 2. The maximum atomic E-state index is 13.8. The monoisotopic (exact) mass is 615 g/mol. The molecule has 1 heterocycles. The highest BCUT2D eigenvalue weighted by Gasteiger charge is 2.49. The van der Waals surface area contributed by atoms with E-state index in [4.69, 9.17) is 39.5 Å². The van der Waals surface area contributed by atoms with Gasteiger partial charge in [0, 0.05) is 51.9 Å². The Morgan fingerprint density at radius 2 is 1.39 bits per heavy atom. The van der Waals surface area contributed by atoms with E-state index in [-0.39, 0.29) is 64.2 Å². The summed E-state index contributed by atoms with van der Waals surface area (Å²) in [4.78, 5) is 41.4. The van der Waals surface area contributed by atoms with Crippen LogP contribution in [0, 0.1) is 10.8 Å². The van der Waals surface area contributed by atoms with Gasteiger partial charge in [-0.2, -0.15) is 0 Å². The highest BCUT2D eigenvalue weighted by Crippen LogP contribution is 2.55. The molecule has 0 spiro atoms. The van der Waals surface area contributed by atoms with Crippen molar-refractivity contribution in [3.8, 4) is 5.75 Å². The second-order valence-corrected chi connectivity index (χ2v) is 13.9. The van der Waals surface area contributed by atoms with Crippen LogP contribution in [0.4, 0.5) is 0 Å². The fourth-order valence-corrected chi connectivity index (χ4v) is 7.16. The molecule has 0 saturated carbocycles. The van der Waals surface area contributed by atoms with Gasteiger partial charge >= 0.3 is 5.97 Å². The molecule has 0 aromatic heterocycles. The minimum atomic E-state index is -1.03. The van der Waals surface area contributed by atoms with E-state index in [0.717, 1.165) is 5.56 Å². The second kappa shape index (κ2) is 10.8. The standard InChI is InChI=1S/C32H32Cl3NO5/c1-31(2)11-22-28(24(37)13-31)27(29-23(36(22)15-26(39)40)12-32(3,4)14-25(29)38)18-9-20(34)30(21(35)10-18)41-16-17-7-5-6-8-19(17)33/h5-10,27H,11-16H2,1-4H3,(H,39,40). The molecular weight excluding hydrogens is 585 g/mol. The van der Waals surface area contributed by atoms with E-state index in [2.05, 4.69) is 0 Å². The van der Waals surface area contributed by atoms with Gasteiger partial charge < -0.3 is 14.7 Å². The highest BCUT2D eigenvalue weighted by molar-refractivity contribution is 6.37. The normalized spacial score (nSPS) is 20.2. The number of ether oxygens (including phenoxy) is 1. The highest BCUT2D eigenvalue weighted by atomic mass is 35.5. The summed E-state index contributed by atoms with van der Waals surface area (Å²) in [5, 5.41) is 10.9. The number of nitrogens with zero attached hydrogens (tertiary/aromatic N) is 1. The summed E-state index contributed by atoms with van der Waals surface area (Å²) in [6, 6.07) is 10.7. The van der Waals surface area contributed by atoms with Crippen LogP contribution >= 0.6 is 34.8 Å². The van der Waals surface area contributed by atoms with Crippen molar-refractivity contribution in [2.45, 2.75) is 65.9 Å². The Morgan fingerprint density at radius 3 is 1.88 bits per heavy atom. The Labute approximate surface area is 254 Å². The molecule has 41 heavy (non-hydrogen) atoms. The van der Waals surface area contributed by atoms with Gasteiger partial charge in [0.1, 0.15) is 13.2 Å². The van der Waals surface area contributed by atoms with Gasteiger partial charge in [-0.25, -0.2) is 0 Å². The van der Waals surface area contributed by atoms with Crippen molar-refractivity contribution >= 4 is 52.3 Å². The van der Waals surface area contributed by atoms with Crippen molar-refractivity contribution in [1.29, 1.82) is 0 Å². The number of benzene rings is 2. The number of allylic oxidation sites excluding steroid dienone is 4. The van der Waals surface area contributed by atoms with Gasteiger partial charge in [-0.3, -0.25) is 14.4 Å². The van der Waals surface area contributed by atoms with Crippen LogP contribution in [0.15, 0.2) is 58.9 Å². The Morgan fingerprint density at radius 1 is 0.878 bits per heavy atom. The third-order valence-electron chi connectivity index (χ3n) is 8.00. The van der Waals surface area contributed by atoms with Crippen molar-refractivity contribution < 1.29 is 24.2 Å². The van der Waals surface area contributed by atoms with Gasteiger partial charge in [-0.15, -0.1) is 0 Å². The topological polar surface area (TPSA) is 83.9 Å². The number of carboxylic acids is 1. The number of hydrogen-bond acceptors (Lipinski definition) is 5. The Bertz CT molecular complexity index is 1460. The van der Waals surface area contributed by atoms with E-state index >= 15 is 0 Å². The van der Waals surface area contributed by atoms with Crippen molar-refractivity contribution in [3.05, 3.63) is 85.1 Å². The molecule has 6 nitrogen and oxygen atoms in total. The molecule has 0 radical (unpaired) electrons. The SMILES string of the molecule is CC1(C)CC(=O)C2=C(C1)N(CC(=O)O)C1=C(C(=O)CC(C)(C)C1)C2c1cc(Cl)c(OCc2ccccc2Cl)c(Cl)c1. The summed E-state index contributed by atoms with van der Waals surface area (Å²) < 4.78 is 5.97. The third kappa shape index (κ3) is 5.79. The third-order valence-corrected chi connectivity index (χ3v) is 8.93. The summed E-state index contributed by atoms with van der Waals surface area (Å²) in [6.45, 7) is 7.83. The van der Waals surface area contributed by atoms with E-state index in [9.17, 15) is 19.5 Å². The first-order valence-corrected chi connectivity index (χ1v) is 14.7. The van der Waals surface area contributed by atoms with Crippen molar-refractivity contribution in [2.75, 3.05) is 6.54 Å². The van der Waals surface area contributed by atoms with Gasteiger partial charge in [0.2, 0.25) is 0 Å². The van der Waals surface area contributed by atoms with Crippen LogP contribution in [-0.2, 0) is 21.0 Å². The lowest BCUT2D eigenvalue weighted by Crippen LogP contribution is -2.45. The Kier molecular flexibility index (Phi) is 7.82. The minimum Gasteiger partial charge on any atom is -0.486 e. The Hall–Kier alpha value is -2.80. The molecule has 0 bridgehead atoms. The second-order valence-electron chi connectivity index (χ2n) is 12.7. The molecule has 2 aromatic carbocycles.